The van der Waals surface area contributed by atoms with Gasteiger partial charge in [-0.05, 0) is 6.92 Å². The van der Waals surface area contributed by atoms with Gasteiger partial charge in [0.2, 0.25) is 5.91 Å². The van der Waals surface area contributed by atoms with Gasteiger partial charge in [-0.15, -0.1) is 0 Å². The first-order chi connectivity index (χ1) is 5.25. The van der Waals surface area contributed by atoms with Crippen molar-refractivity contribution in [2.24, 2.45) is 0 Å². The molecule has 0 aliphatic carbocycles. The summed E-state index contributed by atoms with van der Waals surface area (Å²) in [6.07, 6.45) is 2.03. The number of nitrogens with zero attached hydrogens (tertiary/aromatic N) is 2. The summed E-state index contributed by atoms with van der Waals surface area (Å²) in [5, 5.41) is 2.66. The monoisotopic (exact) mass is 149 g/mol. The minimum Gasteiger partial charge on any atom is -0.323 e. The highest BCUT2D eigenvalue weighted by Gasteiger charge is 2.18. The summed E-state index contributed by atoms with van der Waals surface area (Å²) in [5.41, 5.74) is 1.56. The second-order valence-electron chi connectivity index (χ2n) is 2.50. The maximum Gasteiger partial charge on any atom is 0.230 e. The van der Waals surface area contributed by atoms with Crippen molar-refractivity contribution >= 4 is 11.6 Å². The third-order valence-electron chi connectivity index (χ3n) is 1.59. The van der Waals surface area contributed by atoms with Gasteiger partial charge >= 0.3 is 0 Å². The number of hydrogen-bond donors (Lipinski definition) is 1. The molecular formula is C7H7N3O. The predicted octanol–water partition coefficient (Wildman–Crippen LogP) is 0.280. The minimum absolute atomic E-state index is 0.0000926. The van der Waals surface area contributed by atoms with E-state index in [-0.39, 0.29) is 5.91 Å². The van der Waals surface area contributed by atoms with E-state index in [0.29, 0.717) is 12.2 Å². The molecule has 1 aliphatic heterocycles. The summed E-state index contributed by atoms with van der Waals surface area (Å²) in [6.45, 7) is 1.81. The molecule has 0 spiro atoms. The molecule has 0 radical (unpaired) electrons. The number of carbonyl (C=O) groups is 1. The molecule has 1 aromatic heterocycles. The van der Waals surface area contributed by atoms with E-state index in [2.05, 4.69) is 15.3 Å². The van der Waals surface area contributed by atoms with Crippen LogP contribution in [0.4, 0.5) is 5.69 Å². The van der Waals surface area contributed by atoms with Crippen LogP contribution in [0.2, 0.25) is 0 Å². The third kappa shape index (κ3) is 0.960. The molecule has 0 saturated heterocycles. The van der Waals surface area contributed by atoms with E-state index in [4.69, 9.17) is 0 Å². The molecule has 1 aromatic rings. The van der Waals surface area contributed by atoms with E-state index in [1.807, 2.05) is 6.92 Å². The molecule has 1 amide bonds. The Morgan fingerprint density at radius 3 is 3.27 bits per heavy atom. The fourth-order valence-corrected chi connectivity index (χ4v) is 1.10. The number of anilines is 1. The predicted molar refractivity (Wildman–Crippen MR) is 39.1 cm³/mol. The standard InChI is InChI=1S/C7H7N3O/c1-4-8-3-6-5(9-4)2-7(11)10-6/h3H,2H2,1H3,(H,10,11). The molecule has 2 heterocycles. The summed E-state index contributed by atoms with van der Waals surface area (Å²) < 4.78 is 0. The minimum atomic E-state index is -0.0000926. The van der Waals surface area contributed by atoms with Crippen LogP contribution in [0.5, 0.6) is 0 Å². The number of aryl methyl sites for hydroxylation is 1. The molecule has 0 aromatic carbocycles. The van der Waals surface area contributed by atoms with Crippen LogP contribution in [-0.4, -0.2) is 15.9 Å². The van der Waals surface area contributed by atoms with Crippen molar-refractivity contribution in [2.75, 3.05) is 5.32 Å². The molecule has 0 atom stereocenters. The van der Waals surface area contributed by atoms with Crippen molar-refractivity contribution in [1.82, 2.24) is 9.97 Å². The normalized spacial score (nSPS) is 14.5. The van der Waals surface area contributed by atoms with Crippen LogP contribution in [0.3, 0.4) is 0 Å². The summed E-state index contributed by atoms with van der Waals surface area (Å²) >= 11 is 0. The Morgan fingerprint density at radius 2 is 2.45 bits per heavy atom. The van der Waals surface area contributed by atoms with Crippen LogP contribution < -0.4 is 5.32 Å². The maximum absolute atomic E-state index is 10.8. The first-order valence-corrected chi connectivity index (χ1v) is 3.38. The summed E-state index contributed by atoms with van der Waals surface area (Å²) in [5.74, 6) is 0.708. The average Bonchev–Trinajstić information content (AvgIpc) is 2.27. The number of carbonyl (C=O) groups excluding carboxylic acids is 1. The Balaban J connectivity index is 2.51. The molecule has 4 nitrogen and oxygen atoms in total. The highest BCUT2D eigenvalue weighted by atomic mass is 16.1. The van der Waals surface area contributed by atoms with Crippen LogP contribution in [0, 0.1) is 6.92 Å². The van der Waals surface area contributed by atoms with Crippen molar-refractivity contribution in [2.45, 2.75) is 13.3 Å². The lowest BCUT2D eigenvalue weighted by molar-refractivity contribution is -0.115. The number of fused-ring (bicyclic) bond motifs is 1. The molecule has 4 heteroatoms. The number of nitrogens with one attached hydrogen (secondary N) is 1. The molecule has 1 N–H and O–H groups in total. The van der Waals surface area contributed by atoms with E-state index in [1.54, 1.807) is 6.20 Å². The van der Waals surface area contributed by atoms with Gasteiger partial charge in [0.15, 0.2) is 0 Å². The van der Waals surface area contributed by atoms with E-state index < -0.39 is 0 Å². The number of aromatic nitrogens is 2. The van der Waals surface area contributed by atoms with Crippen molar-refractivity contribution in [3.05, 3.63) is 17.7 Å². The average molecular weight is 149 g/mol. The SMILES string of the molecule is Cc1ncc2c(n1)CC(=O)N2. The van der Waals surface area contributed by atoms with E-state index in [9.17, 15) is 4.79 Å². The molecule has 2 rings (SSSR count). The van der Waals surface area contributed by atoms with Crippen LogP contribution >= 0.6 is 0 Å². The second kappa shape index (κ2) is 2.02. The number of amides is 1. The van der Waals surface area contributed by atoms with Crippen LogP contribution in [-0.2, 0) is 11.2 Å². The lowest BCUT2D eigenvalue weighted by Crippen LogP contribution is -2.03. The Bertz CT molecular complexity index is 321. The molecule has 0 unspecified atom stereocenters. The second-order valence-corrected chi connectivity index (χ2v) is 2.50. The Hall–Kier alpha value is -1.45. The van der Waals surface area contributed by atoms with Crippen LogP contribution in [0.25, 0.3) is 0 Å². The van der Waals surface area contributed by atoms with Crippen molar-refractivity contribution in [3.63, 3.8) is 0 Å². The van der Waals surface area contributed by atoms with Gasteiger partial charge in [0.05, 0.1) is 24.0 Å². The highest BCUT2D eigenvalue weighted by Crippen LogP contribution is 2.18. The zero-order valence-corrected chi connectivity index (χ0v) is 6.09. The van der Waals surface area contributed by atoms with E-state index in [0.717, 1.165) is 11.4 Å². The van der Waals surface area contributed by atoms with Gasteiger partial charge in [-0.2, -0.15) is 0 Å². The van der Waals surface area contributed by atoms with Crippen molar-refractivity contribution < 1.29 is 4.79 Å². The van der Waals surface area contributed by atoms with Gasteiger partial charge in [-0.3, -0.25) is 4.79 Å². The van der Waals surface area contributed by atoms with Crippen molar-refractivity contribution in [3.8, 4) is 0 Å². The van der Waals surface area contributed by atoms with E-state index >= 15 is 0 Å². The lowest BCUT2D eigenvalue weighted by Gasteiger charge is -1.95. The molecule has 0 fully saturated rings. The molecule has 56 valence electrons. The number of hydrogen-bond acceptors (Lipinski definition) is 3. The zero-order valence-electron chi connectivity index (χ0n) is 6.09. The van der Waals surface area contributed by atoms with Gasteiger partial charge < -0.3 is 5.32 Å². The highest BCUT2D eigenvalue weighted by molar-refractivity contribution is 5.98. The summed E-state index contributed by atoms with van der Waals surface area (Å²) in [7, 11) is 0. The molecular weight excluding hydrogens is 142 g/mol. The number of rotatable bonds is 0. The Labute approximate surface area is 63.7 Å². The first kappa shape index (κ1) is 6.27. The zero-order chi connectivity index (χ0) is 7.84. The van der Waals surface area contributed by atoms with Gasteiger partial charge in [0, 0.05) is 0 Å². The van der Waals surface area contributed by atoms with Gasteiger partial charge in [0.25, 0.3) is 0 Å². The Kier molecular flexibility index (Phi) is 1.15. The Morgan fingerprint density at radius 1 is 1.64 bits per heavy atom. The maximum atomic E-state index is 10.8. The van der Waals surface area contributed by atoms with Crippen LogP contribution in [0.15, 0.2) is 6.20 Å². The smallest absolute Gasteiger partial charge is 0.230 e. The topological polar surface area (TPSA) is 54.9 Å². The molecule has 11 heavy (non-hydrogen) atoms. The lowest BCUT2D eigenvalue weighted by atomic mass is 10.3. The third-order valence-corrected chi connectivity index (χ3v) is 1.59. The fourth-order valence-electron chi connectivity index (χ4n) is 1.10. The van der Waals surface area contributed by atoms with Crippen molar-refractivity contribution in [1.29, 1.82) is 0 Å². The van der Waals surface area contributed by atoms with Gasteiger partial charge in [0.1, 0.15) is 5.82 Å². The molecule has 1 aliphatic rings. The molecule has 0 bridgehead atoms. The molecule has 0 saturated carbocycles. The first-order valence-electron chi connectivity index (χ1n) is 3.38. The summed E-state index contributed by atoms with van der Waals surface area (Å²) in [6, 6.07) is 0. The van der Waals surface area contributed by atoms with Gasteiger partial charge in [-0.1, -0.05) is 0 Å². The quantitative estimate of drug-likeness (QED) is 0.576. The van der Waals surface area contributed by atoms with E-state index in [1.165, 1.54) is 0 Å². The van der Waals surface area contributed by atoms with Crippen LogP contribution in [0.1, 0.15) is 11.5 Å². The van der Waals surface area contributed by atoms with Gasteiger partial charge in [-0.25, -0.2) is 9.97 Å². The largest absolute Gasteiger partial charge is 0.323 e. The fraction of sp³-hybridized carbons (Fsp3) is 0.286. The summed E-state index contributed by atoms with van der Waals surface area (Å²) in [4.78, 5) is 18.9.